The molecule has 0 amide bonds. The molecule has 22 heavy (non-hydrogen) atoms. The predicted octanol–water partition coefficient (Wildman–Crippen LogP) is 3.08. The molecule has 0 aliphatic heterocycles. The van der Waals surface area contributed by atoms with E-state index in [0.29, 0.717) is 0 Å². The third kappa shape index (κ3) is 5.14. The molecule has 0 bridgehead atoms. The maximum atomic E-state index is 4.47. The smallest absolute Gasteiger partial charge is 0.191 e. The van der Waals surface area contributed by atoms with E-state index in [1.165, 1.54) is 10.6 Å². The topological polar surface area (TPSA) is 54.2 Å². The molecule has 0 saturated heterocycles. The average Bonchev–Trinajstić information content (AvgIpc) is 3.03. The van der Waals surface area contributed by atoms with E-state index in [4.69, 9.17) is 0 Å². The third-order valence-electron chi connectivity index (χ3n) is 3.23. The second-order valence-corrected chi connectivity index (χ2v) is 7.61. The molecule has 0 aliphatic carbocycles. The Kier molecular flexibility index (Phi) is 6.45. The van der Waals surface area contributed by atoms with Crippen molar-refractivity contribution in [2.24, 2.45) is 4.99 Å². The fourth-order valence-electron chi connectivity index (χ4n) is 2.18. The van der Waals surface area contributed by atoms with Crippen LogP contribution in [0.3, 0.4) is 0 Å². The zero-order valence-electron chi connectivity index (χ0n) is 13.2. The van der Waals surface area contributed by atoms with Gasteiger partial charge in [-0.1, -0.05) is 0 Å². The van der Waals surface area contributed by atoms with Gasteiger partial charge in [-0.25, -0.2) is 0 Å². The normalized spacial score (nSPS) is 11.7. The van der Waals surface area contributed by atoms with Gasteiger partial charge in [0.1, 0.15) is 0 Å². The molecule has 2 rings (SSSR count). The van der Waals surface area contributed by atoms with Gasteiger partial charge in [0.05, 0.1) is 16.0 Å². The number of hydrogen-bond acceptors (Lipinski definition) is 3. The van der Waals surface area contributed by atoms with Gasteiger partial charge in [-0.05, 0) is 54.4 Å². The number of rotatable bonds is 6. The highest BCUT2D eigenvalue weighted by molar-refractivity contribution is 9.11. The highest BCUT2D eigenvalue weighted by Gasteiger charge is 2.02. The van der Waals surface area contributed by atoms with Gasteiger partial charge in [-0.2, -0.15) is 5.10 Å². The Balaban J connectivity index is 1.69. The largest absolute Gasteiger partial charge is 0.356 e. The van der Waals surface area contributed by atoms with Crippen LogP contribution in [0, 0.1) is 13.8 Å². The van der Waals surface area contributed by atoms with E-state index in [1.807, 2.05) is 6.92 Å². The molecule has 2 heterocycles. The Hall–Kier alpha value is -1.34. The first-order valence-corrected chi connectivity index (χ1v) is 8.89. The minimum absolute atomic E-state index is 0.785. The number of aromatic nitrogens is 2. The highest BCUT2D eigenvalue weighted by Crippen LogP contribution is 2.21. The van der Waals surface area contributed by atoms with E-state index in [1.54, 1.807) is 18.4 Å². The van der Waals surface area contributed by atoms with Crippen LogP contribution >= 0.6 is 27.3 Å². The highest BCUT2D eigenvalue weighted by atomic mass is 79.9. The summed E-state index contributed by atoms with van der Waals surface area (Å²) < 4.78 is 3.20. The molecule has 0 fully saturated rings. The molecule has 0 unspecified atom stereocenters. The summed E-state index contributed by atoms with van der Waals surface area (Å²) in [6.45, 7) is 6.69. The fraction of sp³-hybridized carbons (Fsp3) is 0.467. The molecule has 0 aliphatic rings. The van der Waals surface area contributed by atoms with Gasteiger partial charge in [-0.3, -0.25) is 9.67 Å². The molecule has 0 saturated carbocycles. The molecule has 2 aromatic heterocycles. The second-order valence-electron chi connectivity index (χ2n) is 5.06. The lowest BCUT2D eigenvalue weighted by molar-refractivity contribution is 0.555. The number of nitrogens with zero attached hydrogens (tertiary/aromatic N) is 3. The Bertz CT molecular complexity index is 632. The van der Waals surface area contributed by atoms with Crippen LogP contribution < -0.4 is 10.6 Å². The first-order chi connectivity index (χ1) is 10.6. The van der Waals surface area contributed by atoms with Crippen molar-refractivity contribution in [2.75, 3.05) is 13.6 Å². The van der Waals surface area contributed by atoms with Gasteiger partial charge in [0.25, 0.3) is 0 Å². The molecule has 2 aromatic rings. The Morgan fingerprint density at radius 3 is 2.77 bits per heavy atom. The van der Waals surface area contributed by atoms with Crippen LogP contribution in [-0.4, -0.2) is 29.3 Å². The molecule has 5 nitrogen and oxygen atoms in total. The van der Waals surface area contributed by atoms with E-state index < -0.39 is 0 Å². The van der Waals surface area contributed by atoms with Crippen LogP contribution in [0.5, 0.6) is 0 Å². The van der Waals surface area contributed by atoms with E-state index in [9.17, 15) is 0 Å². The van der Waals surface area contributed by atoms with Gasteiger partial charge in [0.15, 0.2) is 5.96 Å². The van der Waals surface area contributed by atoms with Crippen LogP contribution in [0.1, 0.15) is 22.7 Å². The summed E-state index contributed by atoms with van der Waals surface area (Å²) in [7, 11) is 1.79. The number of thiophene rings is 1. The number of aliphatic imine (C=N–C) groups is 1. The summed E-state index contributed by atoms with van der Waals surface area (Å²) in [4.78, 5) is 5.52. The van der Waals surface area contributed by atoms with E-state index in [0.717, 1.165) is 41.5 Å². The van der Waals surface area contributed by atoms with Gasteiger partial charge < -0.3 is 10.6 Å². The lowest BCUT2D eigenvalue weighted by Crippen LogP contribution is -2.37. The number of aryl methyl sites for hydroxylation is 3. The maximum absolute atomic E-state index is 4.47. The van der Waals surface area contributed by atoms with E-state index >= 15 is 0 Å². The molecule has 0 radical (unpaired) electrons. The van der Waals surface area contributed by atoms with Crippen molar-refractivity contribution in [3.8, 4) is 0 Å². The van der Waals surface area contributed by atoms with E-state index in [2.05, 4.69) is 66.5 Å². The number of guanidine groups is 1. The summed E-state index contributed by atoms with van der Waals surface area (Å²) in [5, 5.41) is 11.1. The molecule has 0 aromatic carbocycles. The second kappa shape index (κ2) is 8.33. The fourth-order valence-corrected chi connectivity index (χ4v) is 3.60. The summed E-state index contributed by atoms with van der Waals surface area (Å²) in [5.41, 5.74) is 2.29. The maximum Gasteiger partial charge on any atom is 0.191 e. The first-order valence-electron chi connectivity index (χ1n) is 7.28. The molecule has 7 heteroatoms. The van der Waals surface area contributed by atoms with Crippen molar-refractivity contribution in [1.82, 2.24) is 20.4 Å². The lowest BCUT2D eigenvalue weighted by atomic mass is 10.4. The van der Waals surface area contributed by atoms with Crippen LogP contribution in [0.15, 0.2) is 27.0 Å². The molecule has 2 N–H and O–H groups in total. The van der Waals surface area contributed by atoms with Crippen molar-refractivity contribution in [2.45, 2.75) is 33.4 Å². The van der Waals surface area contributed by atoms with Gasteiger partial charge in [0, 0.05) is 30.7 Å². The third-order valence-corrected chi connectivity index (χ3v) is 4.85. The van der Waals surface area contributed by atoms with Crippen molar-refractivity contribution in [1.29, 1.82) is 0 Å². The SMILES string of the molecule is CN=C(NCCCn1nc(C)cc1C)NCc1ccc(Br)s1. The van der Waals surface area contributed by atoms with Crippen LogP contribution in [-0.2, 0) is 13.1 Å². The van der Waals surface area contributed by atoms with Crippen LogP contribution in [0.4, 0.5) is 0 Å². The molecule has 0 spiro atoms. The molecule has 120 valence electrons. The van der Waals surface area contributed by atoms with Crippen molar-refractivity contribution < 1.29 is 0 Å². The minimum Gasteiger partial charge on any atom is -0.356 e. The molecular formula is C15H22BrN5S. The zero-order valence-corrected chi connectivity index (χ0v) is 15.6. The van der Waals surface area contributed by atoms with E-state index in [-0.39, 0.29) is 0 Å². The monoisotopic (exact) mass is 383 g/mol. The Labute approximate surface area is 144 Å². The summed E-state index contributed by atoms with van der Waals surface area (Å²) in [5.74, 6) is 0.831. The summed E-state index contributed by atoms with van der Waals surface area (Å²) in [6.07, 6.45) is 1.01. The standard InChI is InChI=1S/C15H22BrN5S/c1-11-9-12(2)21(20-11)8-4-7-18-15(17-3)19-10-13-5-6-14(16)22-13/h5-6,9H,4,7-8,10H2,1-3H3,(H2,17,18,19). The molecular weight excluding hydrogens is 362 g/mol. The summed E-state index contributed by atoms with van der Waals surface area (Å²) in [6, 6.07) is 6.27. The summed E-state index contributed by atoms with van der Waals surface area (Å²) >= 11 is 5.20. The number of nitrogens with one attached hydrogen (secondary N) is 2. The van der Waals surface area contributed by atoms with Crippen LogP contribution in [0.2, 0.25) is 0 Å². The Morgan fingerprint density at radius 2 is 2.18 bits per heavy atom. The van der Waals surface area contributed by atoms with Gasteiger partial charge in [-0.15, -0.1) is 11.3 Å². The van der Waals surface area contributed by atoms with Crippen molar-refractivity contribution in [3.63, 3.8) is 0 Å². The zero-order chi connectivity index (χ0) is 15.9. The van der Waals surface area contributed by atoms with Gasteiger partial charge in [0.2, 0.25) is 0 Å². The first kappa shape index (κ1) is 17.0. The number of halogens is 1. The predicted molar refractivity (Wildman–Crippen MR) is 96.5 cm³/mol. The number of hydrogen-bond donors (Lipinski definition) is 2. The lowest BCUT2D eigenvalue weighted by Gasteiger charge is -2.11. The van der Waals surface area contributed by atoms with Crippen molar-refractivity contribution in [3.05, 3.63) is 38.3 Å². The average molecular weight is 384 g/mol. The molecule has 0 atom stereocenters. The van der Waals surface area contributed by atoms with Crippen LogP contribution in [0.25, 0.3) is 0 Å². The Morgan fingerprint density at radius 1 is 1.36 bits per heavy atom. The minimum atomic E-state index is 0.785. The van der Waals surface area contributed by atoms with Crippen molar-refractivity contribution >= 4 is 33.2 Å². The quantitative estimate of drug-likeness (QED) is 0.457. The van der Waals surface area contributed by atoms with Gasteiger partial charge >= 0.3 is 0 Å².